The van der Waals surface area contributed by atoms with E-state index < -0.39 is 0 Å². The van der Waals surface area contributed by atoms with Crippen LogP contribution >= 0.6 is 0 Å². The van der Waals surface area contributed by atoms with E-state index in [-0.39, 0.29) is 0 Å². The average Bonchev–Trinajstić information content (AvgIpc) is 2.42. The fourth-order valence-electron chi connectivity index (χ4n) is 1.96. The Bertz CT molecular complexity index is 294. The lowest BCUT2D eigenvalue weighted by molar-refractivity contribution is -0.732. The van der Waals surface area contributed by atoms with Crippen molar-refractivity contribution in [2.24, 2.45) is 0 Å². The van der Waals surface area contributed by atoms with Crippen LogP contribution in [0.2, 0.25) is 0 Å². The molecule has 0 fully saturated rings. The molecule has 0 radical (unpaired) electrons. The Morgan fingerprint density at radius 1 is 0.944 bits per heavy atom. The van der Waals surface area contributed by atoms with E-state index >= 15 is 0 Å². The Labute approximate surface area is 112 Å². The third-order valence-electron chi connectivity index (χ3n) is 3.25. The molecule has 0 aliphatic heterocycles. The molecule has 1 aromatic rings. The Morgan fingerprint density at radius 3 is 2.28 bits per heavy atom. The second-order valence-electron chi connectivity index (χ2n) is 4.88. The van der Waals surface area contributed by atoms with E-state index in [0.717, 1.165) is 13.0 Å². The molecule has 0 spiro atoms. The molecule has 0 amide bonds. The molecule has 102 valence electrons. The summed E-state index contributed by atoms with van der Waals surface area (Å²) in [5.74, 6) is 0. The van der Waals surface area contributed by atoms with Crippen molar-refractivity contribution in [1.82, 2.24) is 0 Å². The summed E-state index contributed by atoms with van der Waals surface area (Å²) in [5, 5.41) is 0. The second-order valence-corrected chi connectivity index (χ2v) is 4.88. The maximum atomic E-state index is 5.66. The van der Waals surface area contributed by atoms with E-state index in [4.69, 9.17) is 4.74 Å². The van der Waals surface area contributed by atoms with Gasteiger partial charge in [0.05, 0.1) is 6.61 Å². The van der Waals surface area contributed by atoms with Crippen molar-refractivity contribution in [2.45, 2.75) is 65.5 Å². The van der Waals surface area contributed by atoms with Gasteiger partial charge >= 0.3 is 0 Å². The highest BCUT2D eigenvalue weighted by Gasteiger charge is 1.99. The van der Waals surface area contributed by atoms with Crippen LogP contribution in [0.4, 0.5) is 0 Å². The van der Waals surface area contributed by atoms with Gasteiger partial charge < -0.3 is 4.74 Å². The summed E-state index contributed by atoms with van der Waals surface area (Å²) in [7, 11) is 0. The molecule has 2 nitrogen and oxygen atoms in total. The third-order valence-corrected chi connectivity index (χ3v) is 3.25. The zero-order valence-corrected chi connectivity index (χ0v) is 12.0. The van der Waals surface area contributed by atoms with Gasteiger partial charge in [-0.3, -0.25) is 0 Å². The van der Waals surface area contributed by atoms with Crippen molar-refractivity contribution in [2.75, 3.05) is 6.61 Å². The van der Waals surface area contributed by atoms with Crippen molar-refractivity contribution in [1.29, 1.82) is 0 Å². The van der Waals surface area contributed by atoms with Gasteiger partial charge in [-0.1, -0.05) is 46.0 Å². The van der Waals surface area contributed by atoms with Gasteiger partial charge in [-0.25, -0.2) is 0 Å². The first-order valence-electron chi connectivity index (χ1n) is 7.42. The molecule has 0 N–H and O–H groups in total. The van der Waals surface area contributed by atoms with E-state index in [9.17, 15) is 0 Å². The van der Waals surface area contributed by atoms with Crippen molar-refractivity contribution in [3.05, 3.63) is 30.1 Å². The maximum Gasteiger partial charge on any atom is 0.252 e. The molecule has 0 bridgehead atoms. The summed E-state index contributed by atoms with van der Waals surface area (Å²) < 4.78 is 7.76. The number of pyridine rings is 1. The van der Waals surface area contributed by atoms with E-state index in [1.54, 1.807) is 0 Å². The van der Waals surface area contributed by atoms with E-state index in [1.807, 2.05) is 0 Å². The number of nitrogens with zero attached hydrogens (tertiary/aromatic N) is 1. The molecule has 1 aromatic heterocycles. The predicted molar refractivity (Wildman–Crippen MR) is 75.3 cm³/mol. The van der Waals surface area contributed by atoms with Crippen LogP contribution in [0, 0.1) is 0 Å². The smallest absolute Gasteiger partial charge is 0.252 e. The van der Waals surface area contributed by atoms with Crippen molar-refractivity contribution >= 4 is 0 Å². The number of hydrogen-bond donors (Lipinski definition) is 0. The minimum absolute atomic E-state index is 0.680. The largest absolute Gasteiger partial charge is 0.323 e. The molecule has 1 heterocycles. The molecule has 0 saturated carbocycles. The number of aromatic nitrogens is 1. The van der Waals surface area contributed by atoms with Gasteiger partial charge in [-0.2, -0.15) is 4.57 Å². The SMILES string of the molecule is CCCCCCCCOC[n+]1ccc(CC)cc1. The van der Waals surface area contributed by atoms with Crippen molar-refractivity contribution in [3.63, 3.8) is 0 Å². The van der Waals surface area contributed by atoms with E-state index in [2.05, 4.69) is 42.9 Å². The average molecular weight is 250 g/mol. The van der Waals surface area contributed by atoms with Crippen LogP contribution in [0.5, 0.6) is 0 Å². The van der Waals surface area contributed by atoms with Crippen LogP contribution < -0.4 is 4.57 Å². The zero-order valence-electron chi connectivity index (χ0n) is 12.0. The lowest BCUT2D eigenvalue weighted by Crippen LogP contribution is -2.34. The van der Waals surface area contributed by atoms with Crippen LogP contribution in [0.15, 0.2) is 24.5 Å². The van der Waals surface area contributed by atoms with Gasteiger partial charge in [0.2, 0.25) is 0 Å². The number of rotatable bonds is 10. The van der Waals surface area contributed by atoms with Crippen LogP contribution in [0.1, 0.15) is 57.9 Å². The fourth-order valence-corrected chi connectivity index (χ4v) is 1.96. The minimum Gasteiger partial charge on any atom is -0.323 e. The lowest BCUT2D eigenvalue weighted by Gasteiger charge is -2.02. The molecule has 0 aliphatic rings. The maximum absolute atomic E-state index is 5.66. The highest BCUT2D eigenvalue weighted by molar-refractivity contribution is 5.06. The first-order chi connectivity index (χ1) is 8.86. The van der Waals surface area contributed by atoms with Gasteiger partial charge in [0.15, 0.2) is 12.4 Å². The number of ether oxygens (including phenoxy) is 1. The summed E-state index contributed by atoms with van der Waals surface area (Å²) >= 11 is 0. The topological polar surface area (TPSA) is 13.1 Å². The Kier molecular flexibility index (Phi) is 8.49. The Morgan fingerprint density at radius 2 is 1.61 bits per heavy atom. The molecule has 0 aromatic carbocycles. The molecule has 0 unspecified atom stereocenters. The van der Waals surface area contributed by atoms with E-state index in [0.29, 0.717) is 6.73 Å². The van der Waals surface area contributed by atoms with Crippen molar-refractivity contribution < 1.29 is 9.30 Å². The monoisotopic (exact) mass is 250 g/mol. The quantitative estimate of drug-likeness (QED) is 0.454. The predicted octanol–water partition coefficient (Wildman–Crippen LogP) is 3.87. The van der Waals surface area contributed by atoms with Gasteiger partial charge in [0.25, 0.3) is 6.73 Å². The summed E-state index contributed by atoms with van der Waals surface area (Å²) in [6.07, 6.45) is 13.2. The summed E-state index contributed by atoms with van der Waals surface area (Å²) in [6.45, 7) is 5.99. The van der Waals surface area contributed by atoms with Gasteiger partial charge in [0.1, 0.15) is 0 Å². The molecular formula is C16H28NO+. The fraction of sp³-hybridized carbons (Fsp3) is 0.688. The Hall–Kier alpha value is -0.890. The summed E-state index contributed by atoms with van der Waals surface area (Å²) in [6, 6.07) is 4.32. The summed E-state index contributed by atoms with van der Waals surface area (Å²) in [5.41, 5.74) is 1.38. The molecule has 1 rings (SSSR count). The van der Waals surface area contributed by atoms with Gasteiger partial charge in [-0.15, -0.1) is 0 Å². The normalized spacial score (nSPS) is 10.8. The minimum atomic E-state index is 0.680. The first-order valence-corrected chi connectivity index (χ1v) is 7.42. The second kappa shape index (κ2) is 10.1. The summed E-state index contributed by atoms with van der Waals surface area (Å²) in [4.78, 5) is 0. The van der Waals surface area contributed by atoms with Crippen molar-refractivity contribution in [3.8, 4) is 0 Å². The molecule has 0 atom stereocenters. The molecular weight excluding hydrogens is 222 g/mol. The number of unbranched alkanes of at least 4 members (excludes halogenated alkanes) is 5. The van der Waals surface area contributed by atoms with Crippen LogP contribution in [0.3, 0.4) is 0 Å². The van der Waals surface area contributed by atoms with Crippen LogP contribution in [-0.2, 0) is 17.9 Å². The van der Waals surface area contributed by atoms with Gasteiger partial charge in [-0.05, 0) is 18.4 Å². The van der Waals surface area contributed by atoms with Crippen LogP contribution in [-0.4, -0.2) is 6.61 Å². The lowest BCUT2D eigenvalue weighted by atomic mass is 10.1. The van der Waals surface area contributed by atoms with E-state index in [1.165, 1.54) is 44.1 Å². The standard InChI is InChI=1S/C16H28NO/c1-3-5-6-7-8-9-14-18-15-17-12-10-16(4-2)11-13-17/h10-13H,3-9,14-15H2,1-2H3/q+1. The highest BCUT2D eigenvalue weighted by atomic mass is 16.5. The molecule has 18 heavy (non-hydrogen) atoms. The third kappa shape index (κ3) is 6.75. The Balaban J connectivity index is 2.00. The first kappa shape index (κ1) is 15.2. The number of aryl methyl sites for hydroxylation is 1. The molecule has 0 saturated heterocycles. The zero-order chi connectivity index (χ0) is 13.1. The van der Waals surface area contributed by atoms with Gasteiger partial charge in [0, 0.05) is 12.1 Å². The van der Waals surface area contributed by atoms with Crippen LogP contribution in [0.25, 0.3) is 0 Å². The molecule has 2 heteroatoms. The molecule has 0 aliphatic carbocycles. The highest BCUT2D eigenvalue weighted by Crippen LogP contribution is 2.04. The number of hydrogen-bond acceptors (Lipinski definition) is 1.